The number of carbonyl (C=O) groups excluding carboxylic acids is 1. The maximum absolute atomic E-state index is 12.2. The van der Waals surface area contributed by atoms with Crippen molar-refractivity contribution in [1.29, 1.82) is 0 Å². The number of para-hydroxylation sites is 1. The van der Waals surface area contributed by atoms with Crippen LogP contribution in [0.5, 0.6) is 0 Å². The van der Waals surface area contributed by atoms with Gasteiger partial charge >= 0.3 is 0 Å². The molecule has 20 heavy (non-hydrogen) atoms. The lowest BCUT2D eigenvalue weighted by Gasteiger charge is -2.03. The van der Waals surface area contributed by atoms with Crippen molar-refractivity contribution in [1.82, 2.24) is 9.88 Å². The fourth-order valence-electron chi connectivity index (χ4n) is 2.45. The lowest BCUT2D eigenvalue weighted by Crippen LogP contribution is -2.15. The third-order valence-corrected chi connectivity index (χ3v) is 3.74. The van der Waals surface area contributed by atoms with Crippen LogP contribution in [0.4, 0.5) is 0 Å². The SMILES string of the molecule is COCCC(=O)n1cc(CNC2CC2)c2ccccc21. The molecule has 1 aromatic carbocycles. The summed E-state index contributed by atoms with van der Waals surface area (Å²) in [6.07, 6.45) is 4.92. The van der Waals surface area contributed by atoms with Gasteiger partial charge in [-0.2, -0.15) is 0 Å². The largest absolute Gasteiger partial charge is 0.384 e. The lowest BCUT2D eigenvalue weighted by atomic mass is 10.2. The smallest absolute Gasteiger partial charge is 0.233 e. The van der Waals surface area contributed by atoms with Gasteiger partial charge in [0.25, 0.3) is 0 Å². The average molecular weight is 272 g/mol. The van der Waals surface area contributed by atoms with E-state index in [1.54, 1.807) is 11.7 Å². The molecule has 0 atom stereocenters. The number of nitrogens with one attached hydrogen (secondary N) is 1. The van der Waals surface area contributed by atoms with Crippen molar-refractivity contribution in [2.45, 2.75) is 31.8 Å². The molecule has 2 aromatic rings. The first kappa shape index (κ1) is 13.3. The molecule has 1 fully saturated rings. The van der Waals surface area contributed by atoms with Crippen LogP contribution in [-0.2, 0) is 11.3 Å². The highest BCUT2D eigenvalue weighted by atomic mass is 16.5. The van der Waals surface area contributed by atoms with E-state index in [1.165, 1.54) is 18.4 Å². The fraction of sp³-hybridized carbons (Fsp3) is 0.438. The lowest BCUT2D eigenvalue weighted by molar-refractivity contribution is 0.0856. The van der Waals surface area contributed by atoms with Gasteiger partial charge in [0, 0.05) is 31.3 Å². The van der Waals surface area contributed by atoms with Gasteiger partial charge in [0.2, 0.25) is 5.91 Å². The first-order chi connectivity index (χ1) is 9.79. The van der Waals surface area contributed by atoms with Crippen LogP contribution in [0.2, 0.25) is 0 Å². The van der Waals surface area contributed by atoms with Gasteiger partial charge in [-0.1, -0.05) is 18.2 Å². The highest BCUT2D eigenvalue weighted by Gasteiger charge is 2.21. The Hall–Kier alpha value is -1.65. The minimum atomic E-state index is 0.0840. The van der Waals surface area contributed by atoms with E-state index >= 15 is 0 Å². The molecule has 106 valence electrons. The van der Waals surface area contributed by atoms with Gasteiger partial charge in [-0.15, -0.1) is 0 Å². The molecule has 4 heteroatoms. The minimum absolute atomic E-state index is 0.0840. The third-order valence-electron chi connectivity index (χ3n) is 3.74. The van der Waals surface area contributed by atoms with E-state index in [-0.39, 0.29) is 5.91 Å². The molecule has 1 aliphatic rings. The van der Waals surface area contributed by atoms with Crippen LogP contribution in [-0.4, -0.2) is 30.2 Å². The molecule has 3 rings (SSSR count). The standard InChI is InChI=1S/C16H20N2O2/c1-20-9-8-16(19)18-11-12(10-17-13-6-7-13)14-4-2-3-5-15(14)18/h2-5,11,13,17H,6-10H2,1H3. The maximum atomic E-state index is 12.2. The van der Waals surface area contributed by atoms with E-state index in [0.717, 1.165) is 17.4 Å². The average Bonchev–Trinajstić information content (AvgIpc) is 3.23. The summed E-state index contributed by atoms with van der Waals surface area (Å²) in [5, 5.41) is 4.67. The molecule has 0 bridgehead atoms. The van der Waals surface area contributed by atoms with Crippen molar-refractivity contribution in [3.63, 3.8) is 0 Å². The number of nitrogens with zero attached hydrogens (tertiary/aromatic N) is 1. The summed E-state index contributed by atoms with van der Waals surface area (Å²) >= 11 is 0. The van der Waals surface area contributed by atoms with E-state index in [2.05, 4.69) is 11.4 Å². The van der Waals surface area contributed by atoms with Crippen molar-refractivity contribution in [3.05, 3.63) is 36.0 Å². The normalized spacial score (nSPS) is 14.8. The maximum Gasteiger partial charge on any atom is 0.233 e. The Morgan fingerprint density at radius 3 is 2.95 bits per heavy atom. The third kappa shape index (κ3) is 2.76. The summed E-state index contributed by atoms with van der Waals surface area (Å²) < 4.78 is 6.76. The van der Waals surface area contributed by atoms with Gasteiger partial charge in [0.15, 0.2) is 0 Å². The molecule has 1 N–H and O–H groups in total. The molecule has 4 nitrogen and oxygen atoms in total. The molecule has 1 heterocycles. The Bertz CT molecular complexity index is 614. The predicted octanol–water partition coefficient (Wildman–Crippen LogP) is 2.57. The number of aromatic nitrogens is 1. The monoisotopic (exact) mass is 272 g/mol. The van der Waals surface area contributed by atoms with Crippen LogP contribution in [0.25, 0.3) is 10.9 Å². The van der Waals surface area contributed by atoms with Crippen LogP contribution >= 0.6 is 0 Å². The molecule has 0 amide bonds. The number of fused-ring (bicyclic) bond motifs is 1. The molecule has 0 saturated heterocycles. The van der Waals surface area contributed by atoms with Crippen LogP contribution in [0, 0.1) is 0 Å². The number of hydrogen-bond donors (Lipinski definition) is 1. The Morgan fingerprint density at radius 1 is 1.40 bits per heavy atom. The summed E-state index contributed by atoms with van der Waals surface area (Å²) in [6.45, 7) is 1.29. The number of benzene rings is 1. The van der Waals surface area contributed by atoms with Crippen molar-refractivity contribution in [2.24, 2.45) is 0 Å². The quantitative estimate of drug-likeness (QED) is 0.879. The van der Waals surface area contributed by atoms with E-state index in [4.69, 9.17) is 4.74 Å². The molecule has 1 aliphatic carbocycles. The molecule has 0 aliphatic heterocycles. The summed E-state index contributed by atoms with van der Waals surface area (Å²) in [6, 6.07) is 8.74. The van der Waals surface area contributed by atoms with Crippen LogP contribution in [0.3, 0.4) is 0 Å². The van der Waals surface area contributed by atoms with Gasteiger partial charge in [-0.25, -0.2) is 0 Å². The Balaban J connectivity index is 1.88. The molecular formula is C16H20N2O2. The molecule has 0 unspecified atom stereocenters. The number of ether oxygens (including phenoxy) is 1. The summed E-state index contributed by atoms with van der Waals surface area (Å²) in [5.41, 5.74) is 2.18. The topological polar surface area (TPSA) is 43.3 Å². The zero-order chi connectivity index (χ0) is 13.9. The van der Waals surface area contributed by atoms with Gasteiger partial charge in [0.05, 0.1) is 18.5 Å². The Labute approximate surface area is 118 Å². The van der Waals surface area contributed by atoms with E-state index in [0.29, 0.717) is 19.1 Å². The summed E-state index contributed by atoms with van der Waals surface area (Å²) in [7, 11) is 1.62. The van der Waals surface area contributed by atoms with Crippen molar-refractivity contribution < 1.29 is 9.53 Å². The second-order valence-corrected chi connectivity index (χ2v) is 5.33. The Kier molecular flexibility index (Phi) is 3.85. The van der Waals surface area contributed by atoms with E-state index in [9.17, 15) is 4.79 Å². The first-order valence-corrected chi connectivity index (χ1v) is 7.14. The predicted molar refractivity (Wildman–Crippen MR) is 78.9 cm³/mol. The van der Waals surface area contributed by atoms with Gasteiger partial charge in [-0.3, -0.25) is 9.36 Å². The van der Waals surface area contributed by atoms with Gasteiger partial charge < -0.3 is 10.1 Å². The van der Waals surface area contributed by atoms with E-state index < -0.39 is 0 Å². The summed E-state index contributed by atoms with van der Waals surface area (Å²) in [4.78, 5) is 12.2. The second kappa shape index (κ2) is 5.77. The van der Waals surface area contributed by atoms with Crippen molar-refractivity contribution >= 4 is 16.8 Å². The molecule has 0 radical (unpaired) electrons. The Morgan fingerprint density at radius 2 is 2.20 bits per heavy atom. The van der Waals surface area contributed by atoms with Gasteiger partial charge in [-0.05, 0) is 24.5 Å². The second-order valence-electron chi connectivity index (χ2n) is 5.33. The number of rotatable bonds is 6. The minimum Gasteiger partial charge on any atom is -0.384 e. The zero-order valence-corrected chi connectivity index (χ0v) is 11.8. The summed E-state index contributed by atoms with van der Waals surface area (Å²) in [5.74, 6) is 0.0840. The first-order valence-electron chi connectivity index (χ1n) is 7.14. The van der Waals surface area contributed by atoms with E-state index in [1.807, 2.05) is 24.4 Å². The highest BCUT2D eigenvalue weighted by Crippen LogP contribution is 2.24. The van der Waals surface area contributed by atoms with Crippen LogP contribution in [0.1, 0.15) is 29.6 Å². The van der Waals surface area contributed by atoms with Gasteiger partial charge in [0.1, 0.15) is 0 Å². The molecular weight excluding hydrogens is 252 g/mol. The number of methoxy groups -OCH3 is 1. The van der Waals surface area contributed by atoms with Crippen molar-refractivity contribution in [2.75, 3.05) is 13.7 Å². The van der Waals surface area contributed by atoms with Crippen molar-refractivity contribution in [3.8, 4) is 0 Å². The fourth-order valence-corrected chi connectivity index (χ4v) is 2.45. The zero-order valence-electron chi connectivity index (χ0n) is 11.8. The number of carbonyl (C=O) groups is 1. The molecule has 0 spiro atoms. The molecule has 1 saturated carbocycles. The highest BCUT2D eigenvalue weighted by molar-refractivity contribution is 5.94. The number of hydrogen-bond acceptors (Lipinski definition) is 3. The molecule has 1 aromatic heterocycles. The van der Waals surface area contributed by atoms with Crippen LogP contribution < -0.4 is 5.32 Å². The van der Waals surface area contributed by atoms with Crippen LogP contribution in [0.15, 0.2) is 30.5 Å².